The fourth-order valence-electron chi connectivity index (χ4n) is 3.20. The lowest BCUT2D eigenvalue weighted by Crippen LogP contribution is -2.51. The molecule has 0 saturated carbocycles. The van der Waals surface area contributed by atoms with Crippen molar-refractivity contribution in [2.24, 2.45) is 0 Å². The van der Waals surface area contributed by atoms with E-state index in [0.29, 0.717) is 32.8 Å². The molecule has 1 fully saturated rings. The van der Waals surface area contributed by atoms with Crippen LogP contribution in [0.5, 0.6) is 0 Å². The van der Waals surface area contributed by atoms with Crippen molar-refractivity contribution < 1.29 is 22.7 Å². The summed E-state index contributed by atoms with van der Waals surface area (Å²) in [6, 6.07) is 4.34. The van der Waals surface area contributed by atoms with Crippen LogP contribution >= 0.6 is 0 Å². The van der Waals surface area contributed by atoms with Crippen molar-refractivity contribution in [2.45, 2.75) is 18.6 Å². The summed E-state index contributed by atoms with van der Waals surface area (Å²) in [7, 11) is 0. The Morgan fingerprint density at radius 2 is 2.08 bits per heavy atom. The molecular weight excluding hydrogens is 321 g/mol. The summed E-state index contributed by atoms with van der Waals surface area (Å²) in [6.45, 7) is 2.48. The molecule has 1 atom stereocenters. The van der Waals surface area contributed by atoms with Gasteiger partial charge in [0, 0.05) is 19.6 Å². The first kappa shape index (κ1) is 17.0. The molecule has 0 unspecified atom stereocenters. The third-order valence-corrected chi connectivity index (χ3v) is 4.26. The molecule has 2 aliphatic heterocycles. The Morgan fingerprint density at radius 1 is 1.29 bits per heavy atom. The van der Waals surface area contributed by atoms with E-state index >= 15 is 0 Å². The van der Waals surface area contributed by atoms with E-state index in [0.717, 1.165) is 18.1 Å². The topological polar surface area (TPSA) is 41.6 Å². The van der Waals surface area contributed by atoms with E-state index < -0.39 is 23.7 Å². The summed E-state index contributed by atoms with van der Waals surface area (Å²) in [6.07, 6.45) is -1.66. The Balaban J connectivity index is 1.93. The smallest absolute Gasteiger partial charge is 0.377 e. The molecule has 4 nitrogen and oxygen atoms in total. The molecule has 2 aliphatic rings. The number of hydrogen-bond donors (Lipinski definition) is 1. The van der Waals surface area contributed by atoms with Gasteiger partial charge in [-0.1, -0.05) is 24.3 Å². The maximum Gasteiger partial charge on any atom is 0.416 e. The second-order valence-corrected chi connectivity index (χ2v) is 5.95. The van der Waals surface area contributed by atoms with Gasteiger partial charge < -0.3 is 10.1 Å². The largest absolute Gasteiger partial charge is 0.416 e. The first-order valence-electron chi connectivity index (χ1n) is 7.90. The van der Waals surface area contributed by atoms with Crippen molar-refractivity contribution in [3.05, 3.63) is 47.0 Å². The van der Waals surface area contributed by atoms with Gasteiger partial charge in [-0.15, -0.1) is 0 Å². The minimum absolute atomic E-state index is 0.000437. The molecule has 3 rings (SSSR count). The third kappa shape index (κ3) is 3.62. The maximum atomic E-state index is 13.3. The average Bonchev–Trinajstić information content (AvgIpc) is 2.55. The lowest BCUT2D eigenvalue weighted by Gasteiger charge is -2.37. The molecule has 0 spiro atoms. The van der Waals surface area contributed by atoms with Crippen molar-refractivity contribution in [3.8, 4) is 0 Å². The van der Waals surface area contributed by atoms with E-state index in [1.165, 1.54) is 18.2 Å². The monoisotopic (exact) mass is 340 g/mol. The Kier molecular flexibility index (Phi) is 4.91. The molecule has 1 amide bonds. The number of nitrogens with zero attached hydrogens (tertiary/aromatic N) is 1. The number of rotatable bonds is 3. The van der Waals surface area contributed by atoms with Gasteiger partial charge in [0.05, 0.1) is 18.8 Å². The lowest BCUT2D eigenvalue weighted by atomic mass is 9.96. The van der Waals surface area contributed by atoms with Crippen molar-refractivity contribution in [1.82, 2.24) is 10.2 Å². The molecule has 0 aromatic heterocycles. The second-order valence-electron chi connectivity index (χ2n) is 5.95. The first-order valence-corrected chi connectivity index (χ1v) is 7.90. The predicted molar refractivity (Wildman–Crippen MR) is 82.3 cm³/mol. The molecule has 24 heavy (non-hydrogen) atoms. The van der Waals surface area contributed by atoms with E-state index in [-0.39, 0.29) is 5.56 Å². The highest BCUT2D eigenvalue weighted by Gasteiger charge is 2.40. The normalized spacial score (nSPS) is 22.9. The van der Waals surface area contributed by atoms with Crippen LogP contribution in [0.4, 0.5) is 13.2 Å². The zero-order valence-corrected chi connectivity index (χ0v) is 13.1. The summed E-state index contributed by atoms with van der Waals surface area (Å²) < 4.78 is 45.4. The number of benzene rings is 1. The van der Waals surface area contributed by atoms with Gasteiger partial charge in [0.25, 0.3) is 0 Å². The fraction of sp³-hybridized carbons (Fsp3) is 0.471. The van der Waals surface area contributed by atoms with Crippen LogP contribution in [0.3, 0.4) is 0 Å². The van der Waals surface area contributed by atoms with E-state index in [1.54, 1.807) is 4.90 Å². The highest BCUT2D eigenvalue weighted by molar-refractivity contribution is 5.84. The van der Waals surface area contributed by atoms with Gasteiger partial charge in [-0.3, -0.25) is 9.69 Å². The summed E-state index contributed by atoms with van der Waals surface area (Å²) >= 11 is 0. The zero-order valence-electron chi connectivity index (χ0n) is 13.1. The van der Waals surface area contributed by atoms with Crippen LogP contribution < -0.4 is 5.32 Å². The van der Waals surface area contributed by atoms with Crippen LogP contribution in [-0.2, 0) is 15.7 Å². The molecular formula is C17H19F3N2O2. The average molecular weight is 340 g/mol. The SMILES string of the molecule is O=C1NCCN(CC2=CCCOC2)[C@@H]1c1ccccc1C(F)(F)F. The second kappa shape index (κ2) is 6.94. The van der Waals surface area contributed by atoms with Crippen LogP contribution in [0.1, 0.15) is 23.6 Å². The summed E-state index contributed by atoms with van der Waals surface area (Å²) in [4.78, 5) is 14.2. The van der Waals surface area contributed by atoms with Gasteiger partial charge >= 0.3 is 6.18 Å². The number of alkyl halides is 3. The molecule has 1 N–H and O–H groups in total. The van der Waals surface area contributed by atoms with Gasteiger partial charge in [-0.05, 0) is 23.6 Å². The van der Waals surface area contributed by atoms with Crippen LogP contribution in [0.25, 0.3) is 0 Å². The zero-order chi connectivity index (χ0) is 17.2. The standard InChI is InChI=1S/C17H19F3N2O2/c18-17(19,20)14-6-2-1-5-13(14)15-16(23)21-7-8-22(15)10-12-4-3-9-24-11-12/h1-2,4-6,15H,3,7-11H2,(H,21,23)/t15-/m1/s1. The number of piperazine rings is 1. The minimum Gasteiger partial charge on any atom is -0.377 e. The van der Waals surface area contributed by atoms with Gasteiger partial charge in [-0.2, -0.15) is 13.2 Å². The molecule has 0 bridgehead atoms. The fourth-order valence-corrected chi connectivity index (χ4v) is 3.20. The predicted octanol–water partition coefficient (Wildman–Crippen LogP) is 2.53. The highest BCUT2D eigenvalue weighted by atomic mass is 19.4. The van der Waals surface area contributed by atoms with Crippen LogP contribution in [0.15, 0.2) is 35.9 Å². The first-order chi connectivity index (χ1) is 11.5. The van der Waals surface area contributed by atoms with Gasteiger partial charge in [-0.25, -0.2) is 0 Å². The van der Waals surface area contributed by atoms with Crippen molar-refractivity contribution in [1.29, 1.82) is 0 Å². The molecule has 0 aliphatic carbocycles. The van der Waals surface area contributed by atoms with Crippen molar-refractivity contribution >= 4 is 5.91 Å². The molecule has 0 radical (unpaired) electrons. The van der Waals surface area contributed by atoms with E-state index in [9.17, 15) is 18.0 Å². The van der Waals surface area contributed by atoms with Gasteiger partial charge in [0.15, 0.2) is 0 Å². The number of hydrogen-bond acceptors (Lipinski definition) is 3. The van der Waals surface area contributed by atoms with E-state index in [2.05, 4.69) is 5.32 Å². The Labute approximate surface area is 138 Å². The molecule has 130 valence electrons. The minimum atomic E-state index is -4.49. The van der Waals surface area contributed by atoms with Crippen LogP contribution in [-0.4, -0.2) is 43.7 Å². The molecule has 7 heteroatoms. The molecule has 1 saturated heterocycles. The Morgan fingerprint density at radius 3 is 2.79 bits per heavy atom. The molecule has 1 aromatic rings. The Hall–Kier alpha value is -1.86. The summed E-state index contributed by atoms with van der Waals surface area (Å²) in [5.41, 5.74) is 0.246. The number of carbonyl (C=O) groups is 1. The van der Waals surface area contributed by atoms with E-state index in [1.807, 2.05) is 6.08 Å². The maximum absolute atomic E-state index is 13.3. The van der Waals surface area contributed by atoms with E-state index in [4.69, 9.17) is 4.74 Å². The number of carbonyl (C=O) groups excluding carboxylic acids is 1. The Bertz CT molecular complexity index is 643. The number of amides is 1. The highest BCUT2D eigenvalue weighted by Crippen LogP contribution is 2.37. The van der Waals surface area contributed by atoms with Crippen LogP contribution in [0.2, 0.25) is 0 Å². The number of ether oxygens (including phenoxy) is 1. The van der Waals surface area contributed by atoms with Gasteiger partial charge in [0.1, 0.15) is 6.04 Å². The lowest BCUT2D eigenvalue weighted by molar-refractivity contribution is -0.140. The number of halogens is 3. The third-order valence-electron chi connectivity index (χ3n) is 4.26. The quantitative estimate of drug-likeness (QED) is 0.860. The summed E-state index contributed by atoms with van der Waals surface area (Å²) in [5, 5.41) is 2.68. The van der Waals surface area contributed by atoms with Crippen molar-refractivity contribution in [3.63, 3.8) is 0 Å². The van der Waals surface area contributed by atoms with Gasteiger partial charge in [0.2, 0.25) is 5.91 Å². The van der Waals surface area contributed by atoms with Crippen LogP contribution in [0, 0.1) is 0 Å². The molecule has 2 heterocycles. The van der Waals surface area contributed by atoms with Crippen molar-refractivity contribution in [2.75, 3.05) is 32.8 Å². The summed E-state index contributed by atoms with van der Waals surface area (Å²) in [5.74, 6) is -0.393. The molecule has 1 aromatic carbocycles. The number of nitrogens with one attached hydrogen (secondary N) is 1.